The van der Waals surface area contributed by atoms with Crippen molar-refractivity contribution in [3.05, 3.63) is 53.6 Å². The Morgan fingerprint density at radius 3 is 2.50 bits per heavy atom. The van der Waals surface area contributed by atoms with E-state index in [9.17, 15) is 9.59 Å². The first kappa shape index (κ1) is 17.7. The summed E-state index contributed by atoms with van der Waals surface area (Å²) in [7, 11) is 0. The van der Waals surface area contributed by atoms with Gasteiger partial charge in [-0.1, -0.05) is 0 Å². The molecule has 1 aliphatic heterocycles. The van der Waals surface area contributed by atoms with Crippen LogP contribution in [0.3, 0.4) is 0 Å². The lowest BCUT2D eigenvalue weighted by Gasteiger charge is -2.10. The summed E-state index contributed by atoms with van der Waals surface area (Å²) in [5, 5.41) is 5.61. The summed E-state index contributed by atoms with van der Waals surface area (Å²) in [6.07, 6.45) is 0. The summed E-state index contributed by atoms with van der Waals surface area (Å²) in [6, 6.07) is 11.5. The second-order valence-electron chi connectivity index (χ2n) is 5.27. The molecular weight excluding hydrogens is 356 g/mol. The van der Waals surface area contributed by atoms with Crippen LogP contribution in [0.15, 0.2) is 42.5 Å². The minimum atomic E-state index is -0.391. The van der Waals surface area contributed by atoms with Crippen LogP contribution in [0.25, 0.3) is 0 Å². The minimum absolute atomic E-state index is 0.136. The Bertz CT molecular complexity index is 851. The highest BCUT2D eigenvalue weighted by Crippen LogP contribution is 2.32. The Balaban J connectivity index is 1.58. The van der Waals surface area contributed by atoms with Crippen LogP contribution in [0.1, 0.15) is 27.6 Å². The Morgan fingerprint density at radius 1 is 1.08 bits per heavy atom. The molecule has 0 spiro atoms. The number of nitrogens with one attached hydrogen (secondary N) is 2. The second kappa shape index (κ2) is 7.83. The maximum atomic E-state index is 12.3. The maximum absolute atomic E-state index is 12.3. The lowest BCUT2D eigenvalue weighted by molar-refractivity contribution is 0.0526. The van der Waals surface area contributed by atoms with Gasteiger partial charge < -0.3 is 19.5 Å². The molecule has 2 aromatic carbocycles. The highest BCUT2D eigenvalue weighted by atomic mass is 32.1. The summed E-state index contributed by atoms with van der Waals surface area (Å²) in [4.78, 5) is 23.9. The van der Waals surface area contributed by atoms with Gasteiger partial charge >= 0.3 is 5.97 Å². The summed E-state index contributed by atoms with van der Waals surface area (Å²) in [5.74, 6) is 0.358. The Morgan fingerprint density at radius 2 is 1.77 bits per heavy atom. The molecule has 0 radical (unpaired) electrons. The van der Waals surface area contributed by atoms with Gasteiger partial charge in [-0.15, -0.1) is 0 Å². The molecule has 0 saturated heterocycles. The van der Waals surface area contributed by atoms with Crippen molar-refractivity contribution < 1.29 is 23.8 Å². The van der Waals surface area contributed by atoms with Crippen molar-refractivity contribution in [1.82, 2.24) is 5.32 Å². The van der Waals surface area contributed by atoms with Gasteiger partial charge in [0.15, 0.2) is 16.6 Å². The molecule has 1 amide bonds. The van der Waals surface area contributed by atoms with Crippen molar-refractivity contribution >= 4 is 34.9 Å². The zero-order valence-electron chi connectivity index (χ0n) is 13.9. The third-order valence-corrected chi connectivity index (χ3v) is 3.72. The number of thiocarbonyl (C=S) groups is 1. The topological polar surface area (TPSA) is 85.9 Å². The SMILES string of the molecule is CCOC(=O)c1ccc(NC(=S)NC(=O)c2ccc3c(c2)OCO3)cc1. The van der Waals surface area contributed by atoms with E-state index in [1.54, 1.807) is 49.4 Å². The van der Waals surface area contributed by atoms with E-state index in [0.717, 1.165) is 0 Å². The minimum Gasteiger partial charge on any atom is -0.462 e. The zero-order valence-corrected chi connectivity index (χ0v) is 14.7. The van der Waals surface area contributed by atoms with Gasteiger partial charge in [-0.25, -0.2) is 4.79 Å². The molecule has 1 aliphatic rings. The number of hydrogen-bond donors (Lipinski definition) is 2. The highest BCUT2D eigenvalue weighted by Gasteiger charge is 2.16. The summed E-state index contributed by atoms with van der Waals surface area (Å²) >= 11 is 5.15. The lowest BCUT2D eigenvalue weighted by atomic mass is 10.2. The average Bonchev–Trinajstić information content (AvgIpc) is 3.10. The van der Waals surface area contributed by atoms with Crippen molar-refractivity contribution in [2.45, 2.75) is 6.92 Å². The van der Waals surface area contributed by atoms with Gasteiger partial charge in [0.1, 0.15) is 0 Å². The molecular formula is C18H16N2O5S. The second-order valence-corrected chi connectivity index (χ2v) is 5.68. The Hall–Kier alpha value is -3.13. The normalized spacial score (nSPS) is 11.6. The monoisotopic (exact) mass is 372 g/mol. The van der Waals surface area contributed by atoms with E-state index in [4.69, 9.17) is 26.4 Å². The molecule has 0 aromatic heterocycles. The van der Waals surface area contributed by atoms with E-state index in [1.807, 2.05) is 0 Å². The molecule has 3 rings (SSSR count). The van der Waals surface area contributed by atoms with Crippen molar-refractivity contribution in [2.75, 3.05) is 18.7 Å². The van der Waals surface area contributed by atoms with Crippen LogP contribution < -0.4 is 20.1 Å². The van der Waals surface area contributed by atoms with E-state index >= 15 is 0 Å². The van der Waals surface area contributed by atoms with Gasteiger partial charge in [-0.2, -0.15) is 0 Å². The first-order chi connectivity index (χ1) is 12.6. The number of ether oxygens (including phenoxy) is 3. The third-order valence-electron chi connectivity index (χ3n) is 3.52. The van der Waals surface area contributed by atoms with Crippen molar-refractivity contribution in [3.63, 3.8) is 0 Å². The molecule has 0 unspecified atom stereocenters. The number of benzene rings is 2. The van der Waals surface area contributed by atoms with Gasteiger partial charge in [-0.3, -0.25) is 10.1 Å². The lowest BCUT2D eigenvalue weighted by Crippen LogP contribution is -2.34. The molecule has 0 bridgehead atoms. The van der Waals surface area contributed by atoms with Gasteiger partial charge in [0.05, 0.1) is 12.2 Å². The quantitative estimate of drug-likeness (QED) is 0.630. The smallest absolute Gasteiger partial charge is 0.338 e. The number of anilines is 1. The highest BCUT2D eigenvalue weighted by molar-refractivity contribution is 7.80. The van der Waals surface area contributed by atoms with Crippen LogP contribution in [0.4, 0.5) is 5.69 Å². The number of amides is 1. The standard InChI is InChI=1S/C18H16N2O5S/c1-2-23-17(22)11-3-6-13(7-4-11)19-18(26)20-16(21)12-5-8-14-15(9-12)25-10-24-14/h3-9H,2,10H2,1H3,(H2,19,20,21,26). The molecule has 8 heteroatoms. The van der Waals surface area contributed by atoms with E-state index in [2.05, 4.69) is 10.6 Å². The fourth-order valence-corrected chi connectivity index (χ4v) is 2.49. The van der Waals surface area contributed by atoms with E-state index in [0.29, 0.717) is 34.9 Å². The van der Waals surface area contributed by atoms with Gasteiger partial charge in [0, 0.05) is 11.3 Å². The number of esters is 1. The first-order valence-electron chi connectivity index (χ1n) is 7.86. The van der Waals surface area contributed by atoms with E-state index < -0.39 is 5.97 Å². The predicted octanol–water partition coefficient (Wildman–Crippen LogP) is 2.72. The van der Waals surface area contributed by atoms with Crippen LogP contribution in [-0.4, -0.2) is 30.4 Å². The summed E-state index contributed by atoms with van der Waals surface area (Å²) < 4.78 is 15.4. The fraction of sp³-hybridized carbons (Fsp3) is 0.167. The van der Waals surface area contributed by atoms with Crippen molar-refractivity contribution in [1.29, 1.82) is 0 Å². The number of carbonyl (C=O) groups excluding carboxylic acids is 2. The molecule has 26 heavy (non-hydrogen) atoms. The van der Waals surface area contributed by atoms with Crippen molar-refractivity contribution in [3.8, 4) is 11.5 Å². The molecule has 7 nitrogen and oxygen atoms in total. The first-order valence-corrected chi connectivity index (χ1v) is 8.27. The molecule has 134 valence electrons. The van der Waals surface area contributed by atoms with Gasteiger partial charge in [0.25, 0.3) is 5.91 Å². The molecule has 0 saturated carbocycles. The van der Waals surface area contributed by atoms with Crippen LogP contribution in [0.5, 0.6) is 11.5 Å². The summed E-state index contributed by atoms with van der Waals surface area (Å²) in [5.41, 5.74) is 1.47. The van der Waals surface area contributed by atoms with Gasteiger partial charge in [-0.05, 0) is 61.6 Å². The summed E-state index contributed by atoms with van der Waals surface area (Å²) in [6.45, 7) is 2.20. The van der Waals surface area contributed by atoms with Crippen molar-refractivity contribution in [2.24, 2.45) is 0 Å². The number of rotatable bonds is 4. The molecule has 0 atom stereocenters. The van der Waals surface area contributed by atoms with E-state index in [-0.39, 0.29) is 17.8 Å². The molecule has 2 aromatic rings. The van der Waals surface area contributed by atoms with Gasteiger partial charge in [0.2, 0.25) is 6.79 Å². The Kier molecular flexibility index (Phi) is 5.33. The van der Waals surface area contributed by atoms with Crippen LogP contribution in [-0.2, 0) is 4.74 Å². The van der Waals surface area contributed by atoms with Crippen LogP contribution >= 0.6 is 12.2 Å². The third kappa shape index (κ3) is 4.09. The number of hydrogen-bond acceptors (Lipinski definition) is 6. The largest absolute Gasteiger partial charge is 0.462 e. The molecule has 1 heterocycles. The predicted molar refractivity (Wildman–Crippen MR) is 98.7 cm³/mol. The van der Waals surface area contributed by atoms with Crippen LogP contribution in [0, 0.1) is 0 Å². The Labute approximate surface area is 155 Å². The van der Waals surface area contributed by atoms with Crippen LogP contribution in [0.2, 0.25) is 0 Å². The zero-order chi connectivity index (χ0) is 18.5. The van der Waals surface area contributed by atoms with E-state index in [1.165, 1.54) is 0 Å². The fourth-order valence-electron chi connectivity index (χ4n) is 2.28. The number of carbonyl (C=O) groups is 2. The molecule has 0 aliphatic carbocycles. The maximum Gasteiger partial charge on any atom is 0.338 e. The molecule has 0 fully saturated rings. The average molecular weight is 372 g/mol. The molecule has 2 N–H and O–H groups in total. The number of fused-ring (bicyclic) bond motifs is 1.